The zero-order valence-corrected chi connectivity index (χ0v) is 16.3. The number of carbonyl (C=O) groups is 3. The molecule has 0 bridgehead atoms. The van der Waals surface area contributed by atoms with E-state index in [0.717, 1.165) is 11.1 Å². The van der Waals surface area contributed by atoms with Crippen LogP contribution in [0.2, 0.25) is 0 Å². The molecule has 2 unspecified atom stereocenters. The molecule has 29 heavy (non-hydrogen) atoms. The Morgan fingerprint density at radius 3 is 2.21 bits per heavy atom. The number of carboxylic acid groups (broad SMARTS) is 1. The molecule has 0 radical (unpaired) electrons. The average molecular weight is 400 g/mol. The summed E-state index contributed by atoms with van der Waals surface area (Å²) in [6, 6.07) is 13.9. The first-order valence-electron chi connectivity index (χ1n) is 9.02. The minimum absolute atomic E-state index is 0.0657. The van der Waals surface area contributed by atoms with Crippen LogP contribution in [-0.2, 0) is 27.4 Å². The minimum atomic E-state index is -1.17. The highest BCUT2D eigenvalue weighted by atomic mass is 16.5. The largest absolute Gasteiger partial charge is 0.497 e. The third-order valence-corrected chi connectivity index (χ3v) is 4.15. The molecule has 0 spiro atoms. The summed E-state index contributed by atoms with van der Waals surface area (Å²) < 4.78 is 10.1. The molecule has 2 aromatic rings. The molecule has 0 heterocycles. The number of nitrogens with one attached hydrogen (secondary N) is 2. The van der Waals surface area contributed by atoms with Crippen LogP contribution in [-0.4, -0.2) is 42.3 Å². The van der Waals surface area contributed by atoms with E-state index in [-0.39, 0.29) is 13.0 Å². The molecule has 2 amide bonds. The number of amides is 2. The van der Waals surface area contributed by atoms with Gasteiger partial charge in [-0.05, 0) is 30.2 Å². The number of hydrogen-bond acceptors (Lipinski definition) is 5. The third kappa shape index (κ3) is 7.17. The molecule has 2 atom stereocenters. The van der Waals surface area contributed by atoms with E-state index < -0.39 is 30.1 Å². The first kappa shape index (κ1) is 21.7. The van der Waals surface area contributed by atoms with Crippen molar-refractivity contribution in [3.63, 3.8) is 0 Å². The second-order valence-electron chi connectivity index (χ2n) is 6.38. The van der Waals surface area contributed by atoms with Crippen LogP contribution in [0.3, 0.4) is 0 Å². The highest BCUT2D eigenvalue weighted by molar-refractivity contribution is 5.89. The molecular formula is C21H24N2O6. The van der Waals surface area contributed by atoms with E-state index in [4.69, 9.17) is 9.47 Å². The predicted octanol–water partition coefficient (Wildman–Crippen LogP) is 2.12. The molecule has 0 aromatic heterocycles. The fraction of sp³-hybridized carbons (Fsp3) is 0.286. The molecule has 0 saturated heterocycles. The summed E-state index contributed by atoms with van der Waals surface area (Å²) in [4.78, 5) is 35.7. The fourth-order valence-corrected chi connectivity index (χ4v) is 2.50. The lowest BCUT2D eigenvalue weighted by Gasteiger charge is -2.19. The van der Waals surface area contributed by atoms with Gasteiger partial charge in [0.15, 0.2) is 0 Å². The number of carboxylic acids is 1. The van der Waals surface area contributed by atoms with E-state index >= 15 is 0 Å². The fourth-order valence-electron chi connectivity index (χ4n) is 2.50. The normalized spacial score (nSPS) is 12.3. The van der Waals surface area contributed by atoms with Crippen molar-refractivity contribution in [2.45, 2.75) is 32.0 Å². The maximum atomic E-state index is 12.3. The summed E-state index contributed by atoms with van der Waals surface area (Å²) in [5.74, 6) is -1.15. The number of rotatable bonds is 9. The van der Waals surface area contributed by atoms with Gasteiger partial charge in [0.25, 0.3) is 0 Å². The number of methoxy groups -OCH3 is 1. The number of hydrogen-bond donors (Lipinski definition) is 3. The lowest BCUT2D eigenvalue weighted by Crippen LogP contribution is -2.51. The van der Waals surface area contributed by atoms with Crippen LogP contribution in [0.1, 0.15) is 18.1 Å². The Morgan fingerprint density at radius 2 is 1.62 bits per heavy atom. The second kappa shape index (κ2) is 10.7. The van der Waals surface area contributed by atoms with Crippen LogP contribution in [0, 0.1) is 0 Å². The molecule has 8 nitrogen and oxygen atoms in total. The molecule has 0 aliphatic carbocycles. The smallest absolute Gasteiger partial charge is 0.408 e. The zero-order valence-electron chi connectivity index (χ0n) is 16.3. The van der Waals surface area contributed by atoms with Gasteiger partial charge in [-0.3, -0.25) is 4.79 Å². The van der Waals surface area contributed by atoms with E-state index in [1.807, 2.05) is 18.2 Å². The van der Waals surface area contributed by atoms with Crippen molar-refractivity contribution in [2.75, 3.05) is 7.11 Å². The maximum absolute atomic E-state index is 12.3. The van der Waals surface area contributed by atoms with Crippen LogP contribution in [0.25, 0.3) is 0 Å². The van der Waals surface area contributed by atoms with Crippen LogP contribution in [0.5, 0.6) is 5.75 Å². The van der Waals surface area contributed by atoms with Gasteiger partial charge in [0.2, 0.25) is 5.91 Å². The van der Waals surface area contributed by atoms with E-state index in [1.54, 1.807) is 36.4 Å². The zero-order chi connectivity index (χ0) is 21.2. The van der Waals surface area contributed by atoms with Crippen molar-refractivity contribution < 1.29 is 29.0 Å². The van der Waals surface area contributed by atoms with Gasteiger partial charge in [-0.2, -0.15) is 0 Å². The molecule has 0 aliphatic rings. The van der Waals surface area contributed by atoms with Crippen LogP contribution >= 0.6 is 0 Å². The molecule has 3 N–H and O–H groups in total. The number of aliphatic carboxylic acids is 1. The Kier molecular flexibility index (Phi) is 8.02. The highest BCUT2D eigenvalue weighted by Gasteiger charge is 2.24. The monoisotopic (exact) mass is 400 g/mol. The number of benzene rings is 2. The van der Waals surface area contributed by atoms with Gasteiger partial charge in [-0.1, -0.05) is 42.5 Å². The first-order valence-corrected chi connectivity index (χ1v) is 9.02. The summed E-state index contributed by atoms with van der Waals surface area (Å²) in [5, 5.41) is 14.2. The lowest BCUT2D eigenvalue weighted by molar-refractivity contribution is -0.142. The Hall–Kier alpha value is -3.55. The van der Waals surface area contributed by atoms with Gasteiger partial charge in [-0.25, -0.2) is 9.59 Å². The van der Waals surface area contributed by atoms with E-state index in [0.29, 0.717) is 5.75 Å². The van der Waals surface area contributed by atoms with E-state index in [2.05, 4.69) is 10.6 Å². The summed E-state index contributed by atoms with van der Waals surface area (Å²) in [6.45, 7) is 1.52. The summed E-state index contributed by atoms with van der Waals surface area (Å²) >= 11 is 0. The Bertz CT molecular complexity index is 823. The Labute approximate surface area is 168 Å². The molecule has 8 heteroatoms. The van der Waals surface area contributed by atoms with Gasteiger partial charge < -0.3 is 25.2 Å². The number of ether oxygens (including phenoxy) is 2. The molecule has 154 valence electrons. The van der Waals surface area contributed by atoms with Crippen LogP contribution in [0.4, 0.5) is 4.79 Å². The van der Waals surface area contributed by atoms with Gasteiger partial charge in [0.05, 0.1) is 7.11 Å². The van der Waals surface area contributed by atoms with Gasteiger partial charge in [-0.15, -0.1) is 0 Å². The number of alkyl carbamates (subject to hydrolysis) is 1. The summed E-state index contributed by atoms with van der Waals surface area (Å²) in [7, 11) is 1.54. The van der Waals surface area contributed by atoms with Crippen molar-refractivity contribution in [3.05, 3.63) is 65.7 Å². The average Bonchev–Trinajstić information content (AvgIpc) is 2.72. The Morgan fingerprint density at radius 1 is 0.966 bits per heavy atom. The number of carbonyl (C=O) groups excluding carboxylic acids is 2. The minimum Gasteiger partial charge on any atom is -0.497 e. The standard InChI is InChI=1S/C21H24N2O6/c1-14(22-21(27)29-13-16-6-4-3-5-7-16)19(24)23-18(20(25)26)12-15-8-10-17(28-2)11-9-15/h3-11,14,18H,12-13H2,1-2H3,(H,22,27)(H,23,24)(H,25,26). The molecule has 0 saturated carbocycles. The SMILES string of the molecule is COc1ccc(CC(NC(=O)C(C)NC(=O)OCc2ccccc2)C(=O)O)cc1. The molecule has 2 rings (SSSR count). The quantitative estimate of drug-likeness (QED) is 0.594. The Balaban J connectivity index is 1.85. The van der Waals surface area contributed by atoms with Crippen molar-refractivity contribution in [1.29, 1.82) is 0 Å². The topological polar surface area (TPSA) is 114 Å². The van der Waals surface area contributed by atoms with Gasteiger partial charge >= 0.3 is 12.1 Å². The van der Waals surface area contributed by atoms with Crippen LogP contribution < -0.4 is 15.4 Å². The van der Waals surface area contributed by atoms with E-state index in [1.165, 1.54) is 14.0 Å². The van der Waals surface area contributed by atoms with Crippen molar-refractivity contribution in [3.8, 4) is 5.75 Å². The summed E-state index contributed by atoms with van der Waals surface area (Å²) in [6.07, 6.45) is -0.672. The van der Waals surface area contributed by atoms with Gasteiger partial charge in [0, 0.05) is 6.42 Å². The summed E-state index contributed by atoms with van der Waals surface area (Å²) in [5.41, 5.74) is 1.53. The van der Waals surface area contributed by atoms with Crippen molar-refractivity contribution >= 4 is 18.0 Å². The molecule has 0 fully saturated rings. The van der Waals surface area contributed by atoms with Crippen molar-refractivity contribution in [1.82, 2.24) is 10.6 Å². The lowest BCUT2D eigenvalue weighted by atomic mass is 10.1. The predicted molar refractivity (Wildman–Crippen MR) is 105 cm³/mol. The first-order chi connectivity index (χ1) is 13.9. The molecular weight excluding hydrogens is 376 g/mol. The molecule has 2 aromatic carbocycles. The maximum Gasteiger partial charge on any atom is 0.408 e. The van der Waals surface area contributed by atoms with E-state index in [9.17, 15) is 19.5 Å². The molecule has 0 aliphatic heterocycles. The second-order valence-corrected chi connectivity index (χ2v) is 6.38. The van der Waals surface area contributed by atoms with Crippen molar-refractivity contribution in [2.24, 2.45) is 0 Å². The van der Waals surface area contributed by atoms with Crippen LogP contribution in [0.15, 0.2) is 54.6 Å². The van der Waals surface area contributed by atoms with Gasteiger partial charge in [0.1, 0.15) is 24.4 Å². The highest BCUT2D eigenvalue weighted by Crippen LogP contribution is 2.13. The third-order valence-electron chi connectivity index (χ3n) is 4.15.